The van der Waals surface area contributed by atoms with Gasteiger partial charge in [0, 0.05) is 51.3 Å². The fourth-order valence-electron chi connectivity index (χ4n) is 3.55. The van der Waals surface area contributed by atoms with Crippen LogP contribution in [0.3, 0.4) is 0 Å². The van der Waals surface area contributed by atoms with Gasteiger partial charge in [-0.3, -0.25) is 9.59 Å². The van der Waals surface area contributed by atoms with Crippen LogP contribution in [-0.4, -0.2) is 71.6 Å². The van der Waals surface area contributed by atoms with E-state index in [1.807, 2.05) is 61.2 Å². The largest absolute Gasteiger partial charge is 0.490 e. The molecule has 0 bridgehead atoms. The molecule has 10 heteroatoms. The number of alkyl halides is 3. The number of carbonyl (C=O) groups excluding carboxylic acids is 2. The number of carboxylic acids is 1. The van der Waals surface area contributed by atoms with Gasteiger partial charge in [-0.25, -0.2) is 4.79 Å². The molecule has 1 heterocycles. The Morgan fingerprint density at radius 1 is 1.00 bits per heavy atom. The Morgan fingerprint density at radius 3 is 2.11 bits per heavy atom. The van der Waals surface area contributed by atoms with Crippen molar-refractivity contribution in [1.82, 2.24) is 15.1 Å². The summed E-state index contributed by atoms with van der Waals surface area (Å²) in [6, 6.07) is 15.8. The zero-order valence-electron chi connectivity index (χ0n) is 19.8. The zero-order valence-corrected chi connectivity index (χ0v) is 19.8. The SMILES string of the molecule is Cc1cccc(CN(CCC(=O)N2CCNCC2)C(=O)c2cccc(C)c2)c1.O=C(O)C(F)(F)F. The lowest BCUT2D eigenvalue weighted by molar-refractivity contribution is -0.192. The molecule has 3 rings (SSSR count). The fraction of sp³-hybridized carbons (Fsp3) is 0.400. The Balaban J connectivity index is 0.000000540. The normalized spacial score (nSPS) is 13.5. The monoisotopic (exact) mass is 493 g/mol. The molecule has 2 N–H and O–H groups in total. The Labute approximate surface area is 202 Å². The van der Waals surface area contributed by atoms with Crippen molar-refractivity contribution in [2.24, 2.45) is 0 Å². The third kappa shape index (κ3) is 9.40. The molecule has 190 valence electrons. The Bertz CT molecular complexity index is 1020. The van der Waals surface area contributed by atoms with E-state index in [1.54, 1.807) is 4.90 Å². The highest BCUT2D eigenvalue weighted by atomic mass is 19.4. The van der Waals surface area contributed by atoms with E-state index in [1.165, 1.54) is 0 Å². The van der Waals surface area contributed by atoms with Gasteiger partial charge in [-0.05, 0) is 31.5 Å². The van der Waals surface area contributed by atoms with Crippen molar-refractivity contribution in [3.8, 4) is 0 Å². The number of nitrogens with zero attached hydrogens (tertiary/aromatic N) is 2. The van der Waals surface area contributed by atoms with E-state index in [-0.39, 0.29) is 11.8 Å². The number of carbonyl (C=O) groups is 3. The van der Waals surface area contributed by atoms with Gasteiger partial charge in [0.2, 0.25) is 5.91 Å². The van der Waals surface area contributed by atoms with Crippen molar-refractivity contribution in [2.45, 2.75) is 33.0 Å². The summed E-state index contributed by atoms with van der Waals surface area (Å²) in [5, 5.41) is 10.4. The Hall–Kier alpha value is -3.40. The van der Waals surface area contributed by atoms with Gasteiger partial charge in [-0.15, -0.1) is 0 Å². The van der Waals surface area contributed by atoms with E-state index in [9.17, 15) is 22.8 Å². The molecule has 0 spiro atoms. The first-order chi connectivity index (χ1) is 16.5. The van der Waals surface area contributed by atoms with Gasteiger partial charge in [0.25, 0.3) is 5.91 Å². The van der Waals surface area contributed by atoms with Gasteiger partial charge in [0.1, 0.15) is 0 Å². The first-order valence-electron chi connectivity index (χ1n) is 11.2. The number of amides is 2. The highest BCUT2D eigenvalue weighted by molar-refractivity contribution is 5.94. The van der Waals surface area contributed by atoms with Crippen molar-refractivity contribution in [3.05, 3.63) is 70.8 Å². The average molecular weight is 494 g/mol. The molecular formula is C25H30F3N3O4. The minimum Gasteiger partial charge on any atom is -0.475 e. The second kappa shape index (κ2) is 12.9. The maximum atomic E-state index is 13.2. The predicted molar refractivity (Wildman–Crippen MR) is 125 cm³/mol. The number of hydrogen-bond donors (Lipinski definition) is 2. The van der Waals surface area contributed by atoms with E-state index in [0.29, 0.717) is 25.1 Å². The molecule has 0 unspecified atom stereocenters. The van der Waals surface area contributed by atoms with Gasteiger partial charge >= 0.3 is 12.1 Å². The molecule has 1 saturated heterocycles. The molecule has 1 fully saturated rings. The summed E-state index contributed by atoms with van der Waals surface area (Å²) in [4.78, 5) is 38.3. The molecule has 0 atom stereocenters. The van der Waals surface area contributed by atoms with Crippen molar-refractivity contribution in [1.29, 1.82) is 0 Å². The lowest BCUT2D eigenvalue weighted by Crippen LogP contribution is -2.47. The summed E-state index contributed by atoms with van der Waals surface area (Å²) in [7, 11) is 0. The van der Waals surface area contributed by atoms with Crippen molar-refractivity contribution >= 4 is 17.8 Å². The summed E-state index contributed by atoms with van der Waals surface area (Å²) >= 11 is 0. The summed E-state index contributed by atoms with van der Waals surface area (Å²) in [6.07, 6.45) is -4.73. The second-order valence-corrected chi connectivity index (χ2v) is 8.27. The highest BCUT2D eigenvalue weighted by Crippen LogP contribution is 2.15. The van der Waals surface area contributed by atoms with Gasteiger partial charge in [0.05, 0.1) is 0 Å². The second-order valence-electron chi connectivity index (χ2n) is 8.27. The fourth-order valence-corrected chi connectivity index (χ4v) is 3.55. The van der Waals surface area contributed by atoms with Crippen LogP contribution in [0.15, 0.2) is 48.5 Å². The molecule has 2 aromatic carbocycles. The van der Waals surface area contributed by atoms with Crippen molar-refractivity contribution in [2.75, 3.05) is 32.7 Å². The van der Waals surface area contributed by atoms with E-state index in [0.717, 1.165) is 42.9 Å². The minimum atomic E-state index is -5.08. The first kappa shape index (κ1) is 27.8. The average Bonchev–Trinajstić information content (AvgIpc) is 2.81. The van der Waals surface area contributed by atoms with Crippen LogP contribution in [0.5, 0.6) is 0 Å². The molecule has 1 aliphatic rings. The van der Waals surface area contributed by atoms with Crippen LogP contribution in [0.2, 0.25) is 0 Å². The van der Waals surface area contributed by atoms with Gasteiger partial charge in [0.15, 0.2) is 0 Å². The van der Waals surface area contributed by atoms with Gasteiger partial charge in [-0.1, -0.05) is 47.5 Å². The van der Waals surface area contributed by atoms with Crippen LogP contribution >= 0.6 is 0 Å². The van der Waals surface area contributed by atoms with Crippen LogP contribution < -0.4 is 5.32 Å². The van der Waals surface area contributed by atoms with Crippen LogP contribution in [0.4, 0.5) is 13.2 Å². The van der Waals surface area contributed by atoms with Crippen LogP contribution in [0, 0.1) is 13.8 Å². The molecular weight excluding hydrogens is 463 g/mol. The third-order valence-corrected chi connectivity index (χ3v) is 5.32. The Morgan fingerprint density at radius 2 is 1.57 bits per heavy atom. The van der Waals surface area contributed by atoms with E-state index >= 15 is 0 Å². The van der Waals surface area contributed by atoms with Crippen molar-refractivity contribution in [3.63, 3.8) is 0 Å². The van der Waals surface area contributed by atoms with Crippen LogP contribution in [0.25, 0.3) is 0 Å². The number of nitrogens with one attached hydrogen (secondary N) is 1. The molecule has 0 aliphatic carbocycles. The molecule has 1 aliphatic heterocycles. The number of carboxylic acid groups (broad SMARTS) is 1. The van der Waals surface area contributed by atoms with Gasteiger partial charge < -0.3 is 20.2 Å². The third-order valence-electron chi connectivity index (χ3n) is 5.32. The molecule has 0 aromatic heterocycles. The van der Waals surface area contributed by atoms with Crippen LogP contribution in [-0.2, 0) is 16.1 Å². The maximum Gasteiger partial charge on any atom is 0.490 e. The molecule has 2 amide bonds. The first-order valence-corrected chi connectivity index (χ1v) is 11.2. The Kier molecular flexibility index (Phi) is 10.3. The summed E-state index contributed by atoms with van der Waals surface area (Å²) in [5.41, 5.74) is 3.97. The minimum absolute atomic E-state index is 0.0293. The maximum absolute atomic E-state index is 13.2. The number of piperazine rings is 1. The molecule has 35 heavy (non-hydrogen) atoms. The number of halogens is 3. The number of benzene rings is 2. The molecule has 7 nitrogen and oxygen atoms in total. The zero-order chi connectivity index (χ0) is 26.0. The molecule has 0 saturated carbocycles. The van der Waals surface area contributed by atoms with Crippen molar-refractivity contribution < 1.29 is 32.7 Å². The summed E-state index contributed by atoms with van der Waals surface area (Å²) < 4.78 is 31.7. The number of rotatable bonds is 6. The smallest absolute Gasteiger partial charge is 0.475 e. The molecule has 0 radical (unpaired) electrons. The summed E-state index contributed by atoms with van der Waals surface area (Å²) in [5.74, 6) is -2.67. The summed E-state index contributed by atoms with van der Waals surface area (Å²) in [6.45, 7) is 8.10. The number of hydrogen-bond acceptors (Lipinski definition) is 4. The lowest BCUT2D eigenvalue weighted by atomic mass is 10.1. The quantitative estimate of drug-likeness (QED) is 0.644. The lowest BCUT2D eigenvalue weighted by Gasteiger charge is -2.29. The number of aliphatic carboxylic acids is 1. The van der Waals surface area contributed by atoms with E-state index in [2.05, 4.69) is 11.4 Å². The van der Waals surface area contributed by atoms with Gasteiger partial charge in [-0.2, -0.15) is 13.2 Å². The topological polar surface area (TPSA) is 90.0 Å². The van der Waals surface area contributed by atoms with E-state index in [4.69, 9.17) is 9.90 Å². The predicted octanol–water partition coefficient (Wildman–Crippen LogP) is 3.40. The van der Waals surface area contributed by atoms with Crippen LogP contribution in [0.1, 0.15) is 33.5 Å². The van der Waals surface area contributed by atoms with E-state index < -0.39 is 12.1 Å². The highest BCUT2D eigenvalue weighted by Gasteiger charge is 2.38. The standard InChI is InChI=1S/C23H29N3O2.C2HF3O2/c1-18-5-3-7-20(15-18)17-26(23(28)21-8-4-6-19(2)16-21)12-9-22(27)25-13-10-24-11-14-25;3-2(4,5)1(6)7/h3-8,15-16,24H,9-14,17H2,1-2H3;(H,6,7). The number of aryl methyl sites for hydroxylation is 2. The molecule has 2 aromatic rings.